The summed E-state index contributed by atoms with van der Waals surface area (Å²) in [5, 5.41) is 6.01. The molecule has 4 nitrogen and oxygen atoms in total. The molecule has 0 aliphatic rings. The van der Waals surface area contributed by atoms with Crippen LogP contribution in [0.1, 0.15) is 31.3 Å². The van der Waals surface area contributed by atoms with Crippen molar-refractivity contribution in [2.24, 2.45) is 0 Å². The summed E-state index contributed by atoms with van der Waals surface area (Å²) in [6.45, 7) is 8.97. The number of carbonyl (C=O) groups excluding carboxylic acids is 1. The van der Waals surface area contributed by atoms with E-state index in [1.807, 2.05) is 27.7 Å². The zero-order chi connectivity index (χ0) is 12.2. The molecule has 1 amide bonds. The molecule has 0 fully saturated rings. The van der Waals surface area contributed by atoms with Gasteiger partial charge in [0, 0.05) is 10.4 Å². The minimum atomic E-state index is -0.0300. The highest BCUT2D eigenvalue weighted by Gasteiger charge is 2.11. The zero-order valence-electron chi connectivity index (χ0n) is 10.3. The van der Waals surface area contributed by atoms with Gasteiger partial charge in [-0.2, -0.15) is 0 Å². The van der Waals surface area contributed by atoms with Gasteiger partial charge in [-0.05, 0) is 27.7 Å². The lowest BCUT2D eigenvalue weighted by molar-refractivity contribution is -0.120. The highest BCUT2D eigenvalue weighted by Crippen LogP contribution is 2.10. The van der Waals surface area contributed by atoms with E-state index in [-0.39, 0.29) is 11.4 Å². The van der Waals surface area contributed by atoms with Crippen molar-refractivity contribution in [1.29, 1.82) is 0 Å². The molecule has 1 aromatic heterocycles. The predicted molar refractivity (Wildman–Crippen MR) is 66.5 cm³/mol. The van der Waals surface area contributed by atoms with Crippen LogP contribution in [0.25, 0.3) is 0 Å². The van der Waals surface area contributed by atoms with Crippen molar-refractivity contribution >= 4 is 17.2 Å². The predicted octanol–water partition coefficient (Wildman–Crippen LogP) is 1.46. The van der Waals surface area contributed by atoms with Crippen molar-refractivity contribution in [3.63, 3.8) is 0 Å². The first-order valence-corrected chi connectivity index (χ1v) is 6.17. The van der Waals surface area contributed by atoms with Crippen LogP contribution < -0.4 is 10.6 Å². The molecule has 1 rings (SSSR count). The SMILES string of the molecule is Cc1ncsc1CNC(=O)CNC(C)(C)C. The Morgan fingerprint density at radius 2 is 2.19 bits per heavy atom. The molecular weight excluding hydrogens is 222 g/mol. The number of thiazole rings is 1. The van der Waals surface area contributed by atoms with Crippen molar-refractivity contribution < 1.29 is 4.79 Å². The third kappa shape index (κ3) is 4.72. The fourth-order valence-electron chi connectivity index (χ4n) is 1.08. The Balaban J connectivity index is 2.29. The monoisotopic (exact) mass is 241 g/mol. The average molecular weight is 241 g/mol. The second kappa shape index (κ2) is 5.41. The highest BCUT2D eigenvalue weighted by molar-refractivity contribution is 7.09. The molecule has 0 spiro atoms. The molecule has 0 unspecified atom stereocenters. The molecule has 1 heterocycles. The van der Waals surface area contributed by atoms with Gasteiger partial charge in [0.25, 0.3) is 0 Å². The van der Waals surface area contributed by atoms with Crippen molar-refractivity contribution in [2.75, 3.05) is 6.54 Å². The summed E-state index contributed by atoms with van der Waals surface area (Å²) in [5.41, 5.74) is 2.76. The number of hydrogen-bond donors (Lipinski definition) is 2. The Labute approximate surface area is 100 Å². The van der Waals surface area contributed by atoms with E-state index in [0.717, 1.165) is 10.6 Å². The summed E-state index contributed by atoms with van der Waals surface area (Å²) in [6.07, 6.45) is 0. The molecule has 0 aromatic carbocycles. The molecule has 5 heteroatoms. The van der Waals surface area contributed by atoms with Crippen molar-refractivity contribution in [3.8, 4) is 0 Å². The highest BCUT2D eigenvalue weighted by atomic mass is 32.1. The number of rotatable bonds is 4. The quantitative estimate of drug-likeness (QED) is 0.839. The van der Waals surface area contributed by atoms with Crippen LogP contribution >= 0.6 is 11.3 Å². The number of hydrogen-bond acceptors (Lipinski definition) is 4. The summed E-state index contributed by atoms with van der Waals surface area (Å²) < 4.78 is 0. The van der Waals surface area contributed by atoms with Crippen molar-refractivity contribution in [1.82, 2.24) is 15.6 Å². The van der Waals surface area contributed by atoms with Crippen LogP contribution in [0.5, 0.6) is 0 Å². The van der Waals surface area contributed by atoms with E-state index in [1.54, 1.807) is 16.8 Å². The van der Waals surface area contributed by atoms with Crippen LogP contribution in [0.2, 0.25) is 0 Å². The second-order valence-electron chi connectivity index (χ2n) is 4.74. The average Bonchev–Trinajstić information content (AvgIpc) is 2.57. The van der Waals surface area contributed by atoms with Gasteiger partial charge in [-0.1, -0.05) is 0 Å². The van der Waals surface area contributed by atoms with Crippen LogP contribution in [0, 0.1) is 6.92 Å². The number of aromatic nitrogens is 1. The van der Waals surface area contributed by atoms with Crippen molar-refractivity contribution in [3.05, 3.63) is 16.1 Å². The fraction of sp³-hybridized carbons (Fsp3) is 0.636. The maximum atomic E-state index is 11.5. The van der Waals surface area contributed by atoms with Crippen molar-refractivity contribution in [2.45, 2.75) is 39.8 Å². The van der Waals surface area contributed by atoms with Gasteiger partial charge in [-0.15, -0.1) is 11.3 Å². The molecule has 0 bridgehead atoms. The van der Waals surface area contributed by atoms with Gasteiger partial charge >= 0.3 is 0 Å². The molecule has 0 saturated heterocycles. The Morgan fingerprint density at radius 1 is 1.50 bits per heavy atom. The van der Waals surface area contributed by atoms with Crippen LogP contribution in [0.3, 0.4) is 0 Å². The lowest BCUT2D eigenvalue weighted by Crippen LogP contribution is -2.43. The summed E-state index contributed by atoms with van der Waals surface area (Å²) in [4.78, 5) is 16.8. The third-order valence-electron chi connectivity index (χ3n) is 2.07. The second-order valence-corrected chi connectivity index (χ2v) is 5.68. The summed E-state index contributed by atoms with van der Waals surface area (Å²) >= 11 is 1.57. The zero-order valence-corrected chi connectivity index (χ0v) is 11.1. The molecular formula is C11H19N3OS. The van der Waals surface area contributed by atoms with Gasteiger partial charge in [-0.25, -0.2) is 4.98 Å². The lowest BCUT2D eigenvalue weighted by Gasteiger charge is -2.19. The number of aryl methyl sites for hydroxylation is 1. The smallest absolute Gasteiger partial charge is 0.234 e. The minimum Gasteiger partial charge on any atom is -0.350 e. The van der Waals surface area contributed by atoms with E-state index in [9.17, 15) is 4.79 Å². The standard InChI is InChI=1S/C11H19N3OS/c1-8-9(16-7-13-8)5-12-10(15)6-14-11(2,3)4/h7,14H,5-6H2,1-4H3,(H,12,15). The van der Waals surface area contributed by atoms with E-state index in [2.05, 4.69) is 15.6 Å². The topological polar surface area (TPSA) is 54.0 Å². The normalized spacial score (nSPS) is 11.5. The first kappa shape index (κ1) is 13.1. The molecule has 0 aliphatic carbocycles. The number of nitrogens with zero attached hydrogens (tertiary/aromatic N) is 1. The van der Waals surface area contributed by atoms with Crippen LogP contribution in [-0.4, -0.2) is 23.0 Å². The first-order chi connectivity index (χ1) is 7.38. The minimum absolute atomic E-state index is 0.0164. The fourth-order valence-corrected chi connectivity index (χ4v) is 1.80. The Hall–Kier alpha value is -0.940. The van der Waals surface area contributed by atoms with Gasteiger partial charge in [0.05, 0.1) is 24.3 Å². The summed E-state index contributed by atoms with van der Waals surface area (Å²) in [5.74, 6) is 0.0164. The van der Waals surface area contributed by atoms with Gasteiger partial charge in [-0.3, -0.25) is 4.79 Å². The van der Waals surface area contributed by atoms with Gasteiger partial charge < -0.3 is 10.6 Å². The maximum absolute atomic E-state index is 11.5. The Morgan fingerprint density at radius 3 is 2.69 bits per heavy atom. The van der Waals surface area contributed by atoms with Gasteiger partial charge in [0.15, 0.2) is 0 Å². The molecule has 2 N–H and O–H groups in total. The van der Waals surface area contributed by atoms with E-state index in [0.29, 0.717) is 13.1 Å². The summed E-state index contributed by atoms with van der Waals surface area (Å²) in [7, 11) is 0. The first-order valence-electron chi connectivity index (χ1n) is 5.29. The van der Waals surface area contributed by atoms with E-state index in [4.69, 9.17) is 0 Å². The van der Waals surface area contributed by atoms with Gasteiger partial charge in [0.1, 0.15) is 0 Å². The molecule has 0 saturated carbocycles. The van der Waals surface area contributed by atoms with Gasteiger partial charge in [0.2, 0.25) is 5.91 Å². The Kier molecular flexibility index (Phi) is 4.44. The molecule has 0 aliphatic heterocycles. The van der Waals surface area contributed by atoms with E-state index >= 15 is 0 Å². The molecule has 16 heavy (non-hydrogen) atoms. The summed E-state index contributed by atoms with van der Waals surface area (Å²) in [6, 6.07) is 0. The van der Waals surface area contributed by atoms with Crippen LogP contribution in [0.4, 0.5) is 0 Å². The Bertz CT molecular complexity index is 354. The number of nitrogens with one attached hydrogen (secondary N) is 2. The molecule has 0 atom stereocenters. The number of carbonyl (C=O) groups is 1. The largest absolute Gasteiger partial charge is 0.350 e. The molecule has 0 radical (unpaired) electrons. The third-order valence-corrected chi connectivity index (χ3v) is 3.01. The van der Waals surface area contributed by atoms with Crippen LogP contribution in [-0.2, 0) is 11.3 Å². The van der Waals surface area contributed by atoms with E-state index < -0.39 is 0 Å². The molecule has 90 valence electrons. The lowest BCUT2D eigenvalue weighted by atomic mass is 10.1. The maximum Gasteiger partial charge on any atom is 0.234 e. The van der Waals surface area contributed by atoms with E-state index in [1.165, 1.54) is 0 Å². The number of amides is 1. The molecule has 1 aromatic rings. The van der Waals surface area contributed by atoms with Crippen LogP contribution in [0.15, 0.2) is 5.51 Å².